The lowest BCUT2D eigenvalue weighted by molar-refractivity contribution is -0.115. The number of benzene rings is 1. The molecule has 1 saturated heterocycles. The van der Waals surface area contributed by atoms with Crippen LogP contribution in [0.15, 0.2) is 33.5 Å². The van der Waals surface area contributed by atoms with Gasteiger partial charge in [0, 0.05) is 32.4 Å². The van der Waals surface area contributed by atoms with E-state index >= 15 is 0 Å². The molecule has 30 heavy (non-hydrogen) atoms. The minimum atomic E-state index is -3.46. The van der Waals surface area contributed by atoms with E-state index in [9.17, 15) is 13.2 Å². The summed E-state index contributed by atoms with van der Waals surface area (Å²) in [6.07, 6.45) is 1.78. The number of methoxy groups -OCH3 is 1. The normalized spacial score (nSPS) is 15.8. The second-order valence-corrected chi connectivity index (χ2v) is 11.2. The van der Waals surface area contributed by atoms with Crippen LogP contribution in [0.5, 0.6) is 0 Å². The van der Waals surface area contributed by atoms with Gasteiger partial charge in [0.05, 0.1) is 16.8 Å². The number of ether oxygens (including phenoxy) is 1. The maximum Gasteiger partial charge on any atom is 0.243 e. The Morgan fingerprint density at radius 3 is 2.63 bits per heavy atom. The zero-order chi connectivity index (χ0) is 21.6. The number of aromatic nitrogens is 2. The lowest BCUT2D eigenvalue weighted by Crippen LogP contribution is -2.27. The highest BCUT2D eigenvalue weighted by molar-refractivity contribution is 8.02. The van der Waals surface area contributed by atoms with Gasteiger partial charge in [-0.15, -0.1) is 10.2 Å². The van der Waals surface area contributed by atoms with Crippen LogP contribution in [0, 0.1) is 0 Å². The Labute approximate surface area is 184 Å². The summed E-state index contributed by atoms with van der Waals surface area (Å²) in [7, 11) is -1.83. The number of sulfonamides is 1. The van der Waals surface area contributed by atoms with Gasteiger partial charge in [-0.05, 0) is 44.0 Å². The lowest BCUT2D eigenvalue weighted by Gasteiger charge is -2.16. The van der Waals surface area contributed by atoms with Crippen LogP contribution >= 0.6 is 23.1 Å². The predicted molar refractivity (Wildman–Crippen MR) is 119 cm³/mol. The molecule has 1 amide bonds. The monoisotopic (exact) mass is 471 g/mol. The van der Waals surface area contributed by atoms with Crippen molar-refractivity contribution in [3.63, 3.8) is 0 Å². The average Bonchev–Trinajstić information content (AvgIpc) is 3.41. The highest BCUT2D eigenvalue weighted by Crippen LogP contribution is 2.29. The van der Waals surface area contributed by atoms with Crippen molar-refractivity contribution in [2.75, 3.05) is 44.0 Å². The summed E-state index contributed by atoms with van der Waals surface area (Å²) in [6.45, 7) is 4.11. The summed E-state index contributed by atoms with van der Waals surface area (Å²) in [6, 6.07) is 6.29. The number of carbonyl (C=O) groups is 1. The van der Waals surface area contributed by atoms with E-state index in [2.05, 4.69) is 20.8 Å². The van der Waals surface area contributed by atoms with Gasteiger partial charge in [-0.25, -0.2) is 8.42 Å². The molecule has 2 N–H and O–H groups in total. The summed E-state index contributed by atoms with van der Waals surface area (Å²) < 4.78 is 32.3. The van der Waals surface area contributed by atoms with Crippen molar-refractivity contribution in [2.24, 2.45) is 0 Å². The molecular weight excluding hydrogens is 446 g/mol. The fourth-order valence-electron chi connectivity index (χ4n) is 2.83. The first-order valence-electron chi connectivity index (χ1n) is 9.54. The molecule has 1 atom stereocenters. The van der Waals surface area contributed by atoms with Crippen molar-refractivity contribution in [3.8, 4) is 0 Å². The van der Waals surface area contributed by atoms with E-state index in [0.717, 1.165) is 12.8 Å². The first-order valence-corrected chi connectivity index (χ1v) is 12.7. The molecule has 1 aliphatic rings. The van der Waals surface area contributed by atoms with Crippen LogP contribution in [0.3, 0.4) is 0 Å². The third kappa shape index (κ3) is 5.91. The quantitative estimate of drug-likeness (QED) is 0.401. The van der Waals surface area contributed by atoms with Crippen molar-refractivity contribution in [2.45, 2.75) is 34.3 Å². The number of anilines is 2. The van der Waals surface area contributed by atoms with Crippen LogP contribution in [0.1, 0.15) is 19.8 Å². The molecule has 0 bridgehead atoms. The Morgan fingerprint density at radius 1 is 1.27 bits per heavy atom. The van der Waals surface area contributed by atoms with Crippen LogP contribution in [-0.4, -0.2) is 67.4 Å². The molecule has 12 heteroatoms. The molecule has 0 spiro atoms. The van der Waals surface area contributed by atoms with E-state index in [1.807, 2.05) is 0 Å². The molecular formula is C18H25N5O4S3. The minimum Gasteiger partial charge on any atom is -0.383 e. The topological polar surface area (TPSA) is 114 Å². The van der Waals surface area contributed by atoms with Gasteiger partial charge in [-0.1, -0.05) is 23.1 Å². The van der Waals surface area contributed by atoms with E-state index in [4.69, 9.17) is 4.74 Å². The van der Waals surface area contributed by atoms with Gasteiger partial charge in [0.25, 0.3) is 0 Å². The largest absolute Gasteiger partial charge is 0.383 e. The molecule has 1 aromatic heterocycles. The van der Waals surface area contributed by atoms with E-state index < -0.39 is 15.3 Å². The van der Waals surface area contributed by atoms with Gasteiger partial charge in [0.1, 0.15) is 0 Å². The summed E-state index contributed by atoms with van der Waals surface area (Å²) in [5.74, 6) is -0.195. The second-order valence-electron chi connectivity index (χ2n) is 6.68. The molecule has 2 aromatic rings. The lowest BCUT2D eigenvalue weighted by atomic mass is 10.3. The Hall–Kier alpha value is -1.73. The Morgan fingerprint density at radius 2 is 1.97 bits per heavy atom. The number of thioether (sulfide) groups is 1. The number of rotatable bonds is 10. The van der Waals surface area contributed by atoms with E-state index in [-0.39, 0.29) is 10.8 Å². The summed E-state index contributed by atoms with van der Waals surface area (Å²) in [4.78, 5) is 12.7. The van der Waals surface area contributed by atoms with Gasteiger partial charge in [0.2, 0.25) is 21.1 Å². The molecule has 2 heterocycles. The van der Waals surface area contributed by atoms with Crippen LogP contribution < -0.4 is 10.6 Å². The molecule has 1 aromatic carbocycles. The van der Waals surface area contributed by atoms with Crippen molar-refractivity contribution in [1.82, 2.24) is 14.5 Å². The molecule has 0 radical (unpaired) electrons. The number of nitrogens with one attached hydrogen (secondary N) is 2. The Bertz CT molecular complexity index is 943. The molecule has 9 nitrogen and oxygen atoms in total. The number of amides is 1. The van der Waals surface area contributed by atoms with E-state index in [1.165, 1.54) is 39.5 Å². The Balaban J connectivity index is 1.54. The van der Waals surface area contributed by atoms with Gasteiger partial charge in [-0.2, -0.15) is 4.31 Å². The molecule has 1 fully saturated rings. The summed E-state index contributed by atoms with van der Waals surface area (Å²) in [5, 5.41) is 14.3. The van der Waals surface area contributed by atoms with Crippen LogP contribution in [0.2, 0.25) is 0 Å². The molecule has 1 unspecified atom stereocenters. The average molecular weight is 472 g/mol. The number of hydrogen-bond acceptors (Lipinski definition) is 9. The molecule has 1 aliphatic heterocycles. The van der Waals surface area contributed by atoms with Crippen molar-refractivity contribution in [1.29, 1.82) is 0 Å². The SMILES string of the molecule is COCCNc1nnc(SC(C)C(=O)Nc2ccc(S(=O)(=O)N3CCCC3)cc2)s1. The maximum atomic E-state index is 12.6. The molecule has 164 valence electrons. The van der Waals surface area contributed by atoms with Crippen molar-refractivity contribution in [3.05, 3.63) is 24.3 Å². The Kier molecular flexibility index (Phi) is 8.06. The van der Waals surface area contributed by atoms with Gasteiger partial charge in [-0.3, -0.25) is 4.79 Å². The van der Waals surface area contributed by atoms with Gasteiger partial charge in [0.15, 0.2) is 4.34 Å². The number of nitrogens with zero attached hydrogens (tertiary/aromatic N) is 3. The molecule has 3 rings (SSSR count). The first kappa shape index (κ1) is 22.9. The zero-order valence-electron chi connectivity index (χ0n) is 16.8. The van der Waals surface area contributed by atoms with Crippen LogP contribution in [0.4, 0.5) is 10.8 Å². The standard InChI is InChI=1S/C18H25N5O4S3/c1-13(28-18-22-21-17(29-18)19-9-12-27-2)16(24)20-14-5-7-15(8-6-14)30(25,26)23-10-3-4-11-23/h5-8,13H,3-4,9-12H2,1-2H3,(H,19,21)(H,20,24). The third-order valence-corrected chi connectivity index (χ3v) is 8.44. The number of hydrogen-bond donors (Lipinski definition) is 2. The summed E-state index contributed by atoms with van der Waals surface area (Å²) >= 11 is 2.69. The molecule has 0 saturated carbocycles. The molecule has 0 aliphatic carbocycles. The van der Waals surface area contributed by atoms with Crippen LogP contribution in [-0.2, 0) is 19.6 Å². The van der Waals surface area contributed by atoms with Gasteiger partial charge < -0.3 is 15.4 Å². The van der Waals surface area contributed by atoms with Crippen molar-refractivity contribution >= 4 is 49.8 Å². The fraction of sp³-hybridized carbons (Fsp3) is 0.500. The summed E-state index contributed by atoms with van der Waals surface area (Å²) in [5.41, 5.74) is 0.548. The highest BCUT2D eigenvalue weighted by atomic mass is 32.2. The first-order chi connectivity index (χ1) is 14.4. The smallest absolute Gasteiger partial charge is 0.243 e. The highest BCUT2D eigenvalue weighted by Gasteiger charge is 2.27. The maximum absolute atomic E-state index is 12.6. The van der Waals surface area contributed by atoms with E-state index in [1.54, 1.807) is 26.2 Å². The van der Waals surface area contributed by atoms with Crippen molar-refractivity contribution < 1.29 is 17.9 Å². The predicted octanol–water partition coefficient (Wildman–Crippen LogP) is 2.50. The second kappa shape index (κ2) is 10.5. The van der Waals surface area contributed by atoms with Crippen LogP contribution in [0.25, 0.3) is 0 Å². The zero-order valence-corrected chi connectivity index (χ0v) is 19.3. The third-order valence-electron chi connectivity index (χ3n) is 4.46. The minimum absolute atomic E-state index is 0.195. The fourth-order valence-corrected chi connectivity index (χ4v) is 6.26. The number of carbonyl (C=O) groups excluding carboxylic acids is 1. The van der Waals surface area contributed by atoms with Gasteiger partial charge >= 0.3 is 0 Å². The van der Waals surface area contributed by atoms with E-state index in [0.29, 0.717) is 41.4 Å².